The number of nitrogens with two attached hydrogens (primary N) is 1. The van der Waals surface area contributed by atoms with E-state index in [9.17, 15) is 0 Å². The molecule has 0 aliphatic rings. The minimum absolute atomic E-state index is 0.403. The normalized spacial score (nSPS) is 13.2. The Morgan fingerprint density at radius 3 is 1.77 bits per heavy atom. The van der Waals surface area contributed by atoms with Gasteiger partial charge in [-0.25, -0.2) is 0 Å². The van der Waals surface area contributed by atoms with Crippen molar-refractivity contribution >= 4 is 0 Å². The molecule has 2 N–H and O–H groups in total. The van der Waals surface area contributed by atoms with Gasteiger partial charge in [-0.15, -0.1) is 0 Å². The fourth-order valence-corrected chi connectivity index (χ4v) is 1.60. The highest BCUT2D eigenvalue weighted by molar-refractivity contribution is 4.53. The molecule has 0 saturated carbocycles. The molecule has 0 spiro atoms. The minimum Gasteiger partial charge on any atom is -0.328 e. The molecule has 1 nitrogen and oxygen atoms in total. The number of hydrogen-bond acceptors (Lipinski definition) is 1. The van der Waals surface area contributed by atoms with E-state index in [0.717, 1.165) is 0 Å². The summed E-state index contributed by atoms with van der Waals surface area (Å²) >= 11 is 0. The highest BCUT2D eigenvalue weighted by atomic mass is 14.6. The first-order valence-corrected chi connectivity index (χ1v) is 6.03. The van der Waals surface area contributed by atoms with Crippen LogP contribution in [0.15, 0.2) is 0 Å². The van der Waals surface area contributed by atoms with Crippen LogP contribution in [-0.2, 0) is 0 Å². The van der Waals surface area contributed by atoms with Gasteiger partial charge in [-0.2, -0.15) is 0 Å². The Balaban J connectivity index is 2.84. The van der Waals surface area contributed by atoms with E-state index in [1.807, 2.05) is 0 Å². The second-order valence-electron chi connectivity index (χ2n) is 4.24. The van der Waals surface area contributed by atoms with E-state index in [2.05, 4.69) is 13.8 Å². The first-order chi connectivity index (χ1) is 6.27. The Kier molecular flexibility index (Phi) is 10.0. The van der Waals surface area contributed by atoms with Crippen LogP contribution in [0, 0.1) is 0 Å². The van der Waals surface area contributed by atoms with E-state index in [1.165, 1.54) is 57.8 Å². The van der Waals surface area contributed by atoms with Crippen molar-refractivity contribution in [3.05, 3.63) is 0 Å². The molecule has 1 atom stereocenters. The predicted molar refractivity (Wildman–Crippen MR) is 60.9 cm³/mol. The molecule has 13 heavy (non-hydrogen) atoms. The molecular weight excluding hydrogens is 158 g/mol. The lowest BCUT2D eigenvalue weighted by Crippen LogP contribution is -2.13. The average Bonchev–Trinajstić information content (AvgIpc) is 2.09. The van der Waals surface area contributed by atoms with Gasteiger partial charge in [-0.1, -0.05) is 58.3 Å². The second kappa shape index (κ2) is 10.0. The van der Waals surface area contributed by atoms with Gasteiger partial charge >= 0.3 is 0 Å². The van der Waals surface area contributed by atoms with Crippen LogP contribution < -0.4 is 5.73 Å². The summed E-state index contributed by atoms with van der Waals surface area (Å²) in [5, 5.41) is 0. The lowest BCUT2D eigenvalue weighted by molar-refractivity contribution is 0.541. The van der Waals surface area contributed by atoms with Gasteiger partial charge < -0.3 is 5.73 Å². The zero-order chi connectivity index (χ0) is 9.94. The summed E-state index contributed by atoms with van der Waals surface area (Å²) in [6, 6.07) is 0.403. The maximum absolute atomic E-state index is 5.67. The van der Waals surface area contributed by atoms with Gasteiger partial charge in [0.15, 0.2) is 0 Å². The number of unbranched alkanes of at least 4 members (excludes halogenated alkanes) is 7. The van der Waals surface area contributed by atoms with E-state index in [4.69, 9.17) is 5.73 Å². The van der Waals surface area contributed by atoms with Crippen LogP contribution >= 0.6 is 0 Å². The third kappa shape index (κ3) is 12.0. The Labute approximate surface area is 84.1 Å². The number of rotatable bonds is 9. The van der Waals surface area contributed by atoms with Crippen molar-refractivity contribution in [2.24, 2.45) is 5.73 Å². The first-order valence-electron chi connectivity index (χ1n) is 6.03. The summed E-state index contributed by atoms with van der Waals surface area (Å²) in [4.78, 5) is 0. The van der Waals surface area contributed by atoms with Gasteiger partial charge in [0.05, 0.1) is 0 Å². The van der Waals surface area contributed by atoms with Crippen LogP contribution in [0.5, 0.6) is 0 Å². The predicted octanol–water partition coefficient (Wildman–Crippen LogP) is 3.86. The van der Waals surface area contributed by atoms with E-state index >= 15 is 0 Å². The summed E-state index contributed by atoms with van der Waals surface area (Å²) in [6.45, 7) is 4.36. The first kappa shape index (κ1) is 13.0. The molecule has 0 radical (unpaired) electrons. The summed E-state index contributed by atoms with van der Waals surface area (Å²) in [7, 11) is 0. The third-order valence-electron chi connectivity index (χ3n) is 2.51. The summed E-state index contributed by atoms with van der Waals surface area (Å²) < 4.78 is 0. The molecule has 0 fully saturated rings. The van der Waals surface area contributed by atoms with E-state index < -0.39 is 0 Å². The van der Waals surface area contributed by atoms with Crippen molar-refractivity contribution in [1.29, 1.82) is 0 Å². The zero-order valence-electron chi connectivity index (χ0n) is 9.52. The van der Waals surface area contributed by atoms with Crippen LogP contribution in [0.3, 0.4) is 0 Å². The minimum atomic E-state index is 0.403. The highest BCUT2D eigenvalue weighted by Gasteiger charge is 1.94. The van der Waals surface area contributed by atoms with E-state index in [0.29, 0.717) is 6.04 Å². The number of hydrogen-bond donors (Lipinski definition) is 1. The zero-order valence-corrected chi connectivity index (χ0v) is 9.52. The molecule has 80 valence electrons. The standard InChI is InChI=1S/C12H27N/c1-3-4-5-6-7-8-9-10-11-12(2)13/h12H,3-11,13H2,1-2H3. The van der Waals surface area contributed by atoms with Crippen LogP contribution in [0.25, 0.3) is 0 Å². The molecule has 1 unspecified atom stereocenters. The molecule has 0 aliphatic heterocycles. The van der Waals surface area contributed by atoms with Gasteiger partial charge in [0.25, 0.3) is 0 Å². The molecule has 0 rings (SSSR count). The highest BCUT2D eigenvalue weighted by Crippen LogP contribution is 2.09. The van der Waals surface area contributed by atoms with Gasteiger partial charge in [0.1, 0.15) is 0 Å². The van der Waals surface area contributed by atoms with Gasteiger partial charge in [-0.05, 0) is 13.3 Å². The van der Waals surface area contributed by atoms with E-state index in [-0.39, 0.29) is 0 Å². The SMILES string of the molecule is CCCCCCCCCCC(C)N. The van der Waals surface area contributed by atoms with Crippen LogP contribution in [0.1, 0.15) is 71.6 Å². The van der Waals surface area contributed by atoms with Crippen molar-refractivity contribution in [3.63, 3.8) is 0 Å². The van der Waals surface area contributed by atoms with Crippen LogP contribution in [-0.4, -0.2) is 6.04 Å². The van der Waals surface area contributed by atoms with Gasteiger partial charge in [0.2, 0.25) is 0 Å². The molecule has 0 aliphatic carbocycles. The summed E-state index contributed by atoms with van der Waals surface area (Å²) in [5.41, 5.74) is 5.67. The lowest BCUT2D eigenvalue weighted by atomic mass is 10.1. The molecular formula is C12H27N. The third-order valence-corrected chi connectivity index (χ3v) is 2.51. The Morgan fingerprint density at radius 2 is 1.31 bits per heavy atom. The molecule has 0 aromatic heterocycles. The van der Waals surface area contributed by atoms with Crippen molar-refractivity contribution in [2.45, 2.75) is 77.7 Å². The van der Waals surface area contributed by atoms with Crippen LogP contribution in [0.2, 0.25) is 0 Å². The summed E-state index contributed by atoms with van der Waals surface area (Å²) in [5.74, 6) is 0. The molecule has 0 heterocycles. The topological polar surface area (TPSA) is 26.0 Å². The van der Waals surface area contributed by atoms with Crippen molar-refractivity contribution < 1.29 is 0 Å². The lowest BCUT2D eigenvalue weighted by Gasteiger charge is -2.04. The molecule has 1 heteroatoms. The Morgan fingerprint density at radius 1 is 0.846 bits per heavy atom. The molecule has 0 aromatic carbocycles. The van der Waals surface area contributed by atoms with Crippen molar-refractivity contribution in [1.82, 2.24) is 0 Å². The average molecular weight is 185 g/mol. The molecule has 0 bridgehead atoms. The maximum Gasteiger partial charge on any atom is 0.00104 e. The summed E-state index contributed by atoms with van der Waals surface area (Å²) in [6.07, 6.45) is 12.4. The monoisotopic (exact) mass is 185 g/mol. The fourth-order valence-electron chi connectivity index (χ4n) is 1.60. The fraction of sp³-hybridized carbons (Fsp3) is 1.00. The molecule has 0 aromatic rings. The molecule has 0 amide bonds. The van der Waals surface area contributed by atoms with Crippen molar-refractivity contribution in [2.75, 3.05) is 0 Å². The van der Waals surface area contributed by atoms with Gasteiger partial charge in [0, 0.05) is 6.04 Å². The maximum atomic E-state index is 5.67. The Hall–Kier alpha value is -0.0400. The smallest absolute Gasteiger partial charge is 0.00104 e. The second-order valence-corrected chi connectivity index (χ2v) is 4.24. The largest absolute Gasteiger partial charge is 0.328 e. The Bertz CT molecular complexity index is 89.1. The van der Waals surface area contributed by atoms with Crippen molar-refractivity contribution in [3.8, 4) is 0 Å². The quantitative estimate of drug-likeness (QED) is 0.542. The molecule has 0 saturated heterocycles. The van der Waals surface area contributed by atoms with Gasteiger partial charge in [-0.3, -0.25) is 0 Å². The van der Waals surface area contributed by atoms with Crippen LogP contribution in [0.4, 0.5) is 0 Å². The van der Waals surface area contributed by atoms with E-state index in [1.54, 1.807) is 0 Å².